The van der Waals surface area contributed by atoms with Gasteiger partial charge in [-0.25, -0.2) is 9.97 Å². The van der Waals surface area contributed by atoms with E-state index in [2.05, 4.69) is 9.97 Å². The van der Waals surface area contributed by atoms with Crippen LogP contribution in [-0.4, -0.2) is 29.1 Å². The van der Waals surface area contributed by atoms with Crippen molar-refractivity contribution in [3.8, 4) is 0 Å². The summed E-state index contributed by atoms with van der Waals surface area (Å²) in [5.41, 5.74) is 6.44. The molecule has 2 N–H and O–H groups in total. The van der Waals surface area contributed by atoms with Crippen molar-refractivity contribution in [2.24, 2.45) is 5.73 Å². The number of fused-ring (bicyclic) bond motifs is 3. The Morgan fingerprint density at radius 3 is 2.83 bits per heavy atom. The van der Waals surface area contributed by atoms with Gasteiger partial charge in [0.1, 0.15) is 17.4 Å². The van der Waals surface area contributed by atoms with E-state index in [1.54, 1.807) is 0 Å². The molecular formula is C16H15F3N4O. The topological polar surface area (TPSA) is 68.2 Å². The third-order valence-corrected chi connectivity index (χ3v) is 4.32. The fourth-order valence-corrected chi connectivity index (χ4v) is 3.17. The predicted molar refractivity (Wildman–Crippen MR) is 83.7 cm³/mol. The summed E-state index contributed by atoms with van der Waals surface area (Å²) in [6.45, 7) is 1.42. The molecule has 1 saturated heterocycles. The third kappa shape index (κ3) is 2.47. The Bertz CT molecular complexity index is 905. The summed E-state index contributed by atoms with van der Waals surface area (Å²) in [7, 11) is 0. The molecule has 3 aromatic rings. The van der Waals surface area contributed by atoms with Gasteiger partial charge in [-0.1, -0.05) is 0 Å². The minimum atomic E-state index is -4.41. The molecule has 0 spiro atoms. The largest absolute Gasteiger partial charge is 0.450 e. The summed E-state index contributed by atoms with van der Waals surface area (Å²) in [6, 6.07) is 3.45. The zero-order valence-corrected chi connectivity index (χ0v) is 12.7. The Balaban J connectivity index is 1.88. The van der Waals surface area contributed by atoms with Gasteiger partial charge < -0.3 is 15.1 Å². The molecule has 0 amide bonds. The van der Waals surface area contributed by atoms with Crippen molar-refractivity contribution in [2.45, 2.75) is 25.1 Å². The molecule has 0 unspecified atom stereocenters. The summed E-state index contributed by atoms with van der Waals surface area (Å²) in [6.07, 6.45) is -1.18. The van der Waals surface area contributed by atoms with Gasteiger partial charge in [0.2, 0.25) is 0 Å². The van der Waals surface area contributed by atoms with Crippen LogP contribution in [-0.2, 0) is 6.18 Å². The number of anilines is 1. The highest BCUT2D eigenvalue weighted by Crippen LogP contribution is 2.37. The number of piperidine rings is 1. The average molecular weight is 336 g/mol. The highest BCUT2D eigenvalue weighted by molar-refractivity contribution is 6.05. The highest BCUT2D eigenvalue weighted by Gasteiger charge is 2.31. The van der Waals surface area contributed by atoms with E-state index in [0.29, 0.717) is 34.4 Å². The minimum absolute atomic E-state index is 0.0463. The van der Waals surface area contributed by atoms with E-state index in [1.165, 1.54) is 12.4 Å². The average Bonchev–Trinajstić information content (AvgIpc) is 2.91. The Morgan fingerprint density at radius 1 is 1.25 bits per heavy atom. The number of hydrogen-bond donors (Lipinski definition) is 1. The third-order valence-electron chi connectivity index (χ3n) is 4.32. The number of halogens is 3. The van der Waals surface area contributed by atoms with Gasteiger partial charge in [-0.15, -0.1) is 0 Å². The number of alkyl halides is 3. The van der Waals surface area contributed by atoms with E-state index in [9.17, 15) is 13.2 Å². The van der Waals surface area contributed by atoms with Crippen molar-refractivity contribution >= 4 is 27.9 Å². The highest BCUT2D eigenvalue weighted by atomic mass is 19.4. The van der Waals surface area contributed by atoms with Crippen LogP contribution in [0.25, 0.3) is 22.1 Å². The SMILES string of the molecule is N[C@H]1CCCN(c2ncnc3c2oc2ccc(C(F)(F)F)cc23)C1. The molecule has 24 heavy (non-hydrogen) atoms. The molecule has 3 heterocycles. The zero-order chi connectivity index (χ0) is 16.9. The van der Waals surface area contributed by atoms with E-state index in [0.717, 1.165) is 31.5 Å². The maximum Gasteiger partial charge on any atom is 0.416 e. The molecule has 2 aromatic heterocycles. The first-order valence-corrected chi connectivity index (χ1v) is 7.68. The number of rotatable bonds is 1. The molecule has 1 aliphatic heterocycles. The van der Waals surface area contributed by atoms with Crippen molar-refractivity contribution in [1.82, 2.24) is 9.97 Å². The normalized spacial score (nSPS) is 19.3. The first-order valence-electron chi connectivity index (χ1n) is 7.68. The first-order chi connectivity index (χ1) is 11.4. The van der Waals surface area contributed by atoms with Gasteiger partial charge in [-0.05, 0) is 31.0 Å². The van der Waals surface area contributed by atoms with Gasteiger partial charge in [0.15, 0.2) is 11.4 Å². The Hall–Kier alpha value is -2.35. The van der Waals surface area contributed by atoms with Crippen LogP contribution in [0.1, 0.15) is 18.4 Å². The maximum atomic E-state index is 12.9. The molecule has 0 radical (unpaired) electrons. The van der Waals surface area contributed by atoms with Crippen molar-refractivity contribution in [3.05, 3.63) is 30.1 Å². The molecule has 0 saturated carbocycles. The smallest absolute Gasteiger partial charge is 0.416 e. The van der Waals surface area contributed by atoms with E-state index >= 15 is 0 Å². The van der Waals surface area contributed by atoms with Crippen LogP contribution in [0, 0.1) is 0 Å². The summed E-state index contributed by atoms with van der Waals surface area (Å²) in [5, 5.41) is 0.338. The van der Waals surface area contributed by atoms with Crippen molar-refractivity contribution < 1.29 is 17.6 Å². The molecule has 0 bridgehead atoms. The first kappa shape index (κ1) is 15.2. The molecule has 1 aromatic carbocycles. The Kier molecular flexibility index (Phi) is 3.38. The van der Waals surface area contributed by atoms with E-state index in [1.807, 2.05) is 4.90 Å². The predicted octanol–water partition coefficient (Wildman–Crippen LogP) is 3.32. The number of nitrogens with two attached hydrogens (primary N) is 1. The summed E-state index contributed by atoms with van der Waals surface area (Å²) < 4.78 is 44.6. The number of aromatic nitrogens is 2. The lowest BCUT2D eigenvalue weighted by atomic mass is 10.1. The number of hydrogen-bond acceptors (Lipinski definition) is 5. The second-order valence-electron chi connectivity index (χ2n) is 6.03. The number of furan rings is 1. The maximum absolute atomic E-state index is 12.9. The van der Waals surface area contributed by atoms with Crippen LogP contribution in [0.4, 0.5) is 19.0 Å². The van der Waals surface area contributed by atoms with E-state index in [4.69, 9.17) is 10.2 Å². The van der Waals surface area contributed by atoms with E-state index < -0.39 is 11.7 Å². The lowest BCUT2D eigenvalue weighted by molar-refractivity contribution is -0.137. The number of nitrogens with zero attached hydrogens (tertiary/aromatic N) is 3. The van der Waals surface area contributed by atoms with Crippen LogP contribution in [0.5, 0.6) is 0 Å². The van der Waals surface area contributed by atoms with Crippen LogP contribution in [0.2, 0.25) is 0 Å². The monoisotopic (exact) mass is 336 g/mol. The van der Waals surface area contributed by atoms with Gasteiger partial charge in [-0.2, -0.15) is 13.2 Å². The lowest BCUT2D eigenvalue weighted by Crippen LogP contribution is -2.43. The van der Waals surface area contributed by atoms with Gasteiger partial charge in [0, 0.05) is 24.5 Å². The van der Waals surface area contributed by atoms with E-state index in [-0.39, 0.29) is 6.04 Å². The molecule has 126 valence electrons. The van der Waals surface area contributed by atoms with Gasteiger partial charge in [0.25, 0.3) is 0 Å². The number of benzene rings is 1. The van der Waals surface area contributed by atoms with Crippen LogP contribution in [0.3, 0.4) is 0 Å². The molecule has 1 aliphatic rings. The fourth-order valence-electron chi connectivity index (χ4n) is 3.17. The molecule has 8 heteroatoms. The van der Waals surface area contributed by atoms with Crippen LogP contribution >= 0.6 is 0 Å². The second-order valence-corrected chi connectivity index (χ2v) is 6.03. The quantitative estimate of drug-likeness (QED) is 0.738. The lowest BCUT2D eigenvalue weighted by Gasteiger charge is -2.31. The molecule has 4 rings (SSSR count). The molecular weight excluding hydrogens is 321 g/mol. The molecule has 0 aliphatic carbocycles. The summed E-state index contributed by atoms with van der Waals surface area (Å²) in [4.78, 5) is 10.4. The molecule has 1 atom stereocenters. The molecule has 1 fully saturated rings. The Morgan fingerprint density at radius 2 is 2.08 bits per heavy atom. The summed E-state index contributed by atoms with van der Waals surface area (Å²) in [5.74, 6) is 0.583. The zero-order valence-electron chi connectivity index (χ0n) is 12.7. The van der Waals surface area contributed by atoms with Gasteiger partial charge >= 0.3 is 6.18 Å². The summed E-state index contributed by atoms with van der Waals surface area (Å²) >= 11 is 0. The van der Waals surface area contributed by atoms with Gasteiger partial charge in [0.05, 0.1) is 5.56 Å². The van der Waals surface area contributed by atoms with Crippen molar-refractivity contribution in [2.75, 3.05) is 18.0 Å². The van der Waals surface area contributed by atoms with Crippen LogP contribution < -0.4 is 10.6 Å². The van der Waals surface area contributed by atoms with Crippen molar-refractivity contribution in [1.29, 1.82) is 0 Å². The standard InChI is InChI=1S/C16H15F3N4O/c17-16(18,19)9-3-4-12-11(6-9)13-14(24-12)15(22-8-21-13)23-5-1-2-10(20)7-23/h3-4,6,8,10H,1-2,5,7,20H2/t10-/m0/s1. The minimum Gasteiger partial charge on any atom is -0.450 e. The fraction of sp³-hybridized carbons (Fsp3) is 0.375. The van der Waals surface area contributed by atoms with Crippen LogP contribution in [0.15, 0.2) is 28.9 Å². The van der Waals surface area contributed by atoms with Crippen molar-refractivity contribution in [3.63, 3.8) is 0 Å². The second kappa shape index (κ2) is 5.34. The molecule has 5 nitrogen and oxygen atoms in total. The Labute approximate surface area is 135 Å². The van der Waals surface area contributed by atoms with Gasteiger partial charge in [-0.3, -0.25) is 0 Å².